The van der Waals surface area contributed by atoms with Crippen molar-refractivity contribution >= 4 is 18.4 Å². The highest BCUT2D eigenvalue weighted by atomic mass is 15.4. The van der Waals surface area contributed by atoms with Gasteiger partial charge >= 0.3 is 0 Å². The summed E-state index contributed by atoms with van der Waals surface area (Å²) in [5.41, 5.74) is 15.0. The van der Waals surface area contributed by atoms with Crippen molar-refractivity contribution in [1.82, 2.24) is 5.43 Å². The molecule has 0 fully saturated rings. The summed E-state index contributed by atoms with van der Waals surface area (Å²) in [5.74, 6) is 0.110. The standard InChI is InChI=1S/C27H23N5/c28-27(31-29-19-21-11-15-25(16-12-21)23-7-3-1-4-8-23)32-30-20-22-13-17-26(18-14-22)24-9-5-2-6-10-24/h1-20H,(H3,28,31,32). The van der Waals surface area contributed by atoms with Gasteiger partial charge in [-0.25, -0.2) is 5.43 Å². The van der Waals surface area contributed by atoms with Gasteiger partial charge in [0.15, 0.2) is 0 Å². The second-order valence-corrected chi connectivity index (χ2v) is 7.08. The summed E-state index contributed by atoms with van der Waals surface area (Å²) in [4.78, 5) is 0. The molecule has 0 spiro atoms. The van der Waals surface area contributed by atoms with E-state index in [1.165, 1.54) is 11.1 Å². The van der Waals surface area contributed by atoms with E-state index >= 15 is 0 Å². The Kier molecular flexibility index (Phi) is 6.81. The molecule has 0 aliphatic carbocycles. The van der Waals surface area contributed by atoms with E-state index in [2.05, 4.69) is 69.3 Å². The van der Waals surface area contributed by atoms with Crippen LogP contribution in [0.15, 0.2) is 124 Å². The van der Waals surface area contributed by atoms with Crippen LogP contribution in [0.5, 0.6) is 0 Å². The Morgan fingerprint density at radius 2 is 1.00 bits per heavy atom. The van der Waals surface area contributed by atoms with Crippen LogP contribution in [0.1, 0.15) is 11.1 Å². The van der Waals surface area contributed by atoms with Gasteiger partial charge in [-0.2, -0.15) is 10.2 Å². The van der Waals surface area contributed by atoms with Gasteiger partial charge < -0.3 is 5.73 Å². The lowest BCUT2D eigenvalue weighted by Gasteiger charge is -2.02. The number of hydrogen-bond donors (Lipinski definition) is 2. The normalized spacial score (nSPS) is 11.8. The van der Waals surface area contributed by atoms with Gasteiger partial charge in [0.2, 0.25) is 5.96 Å². The van der Waals surface area contributed by atoms with Gasteiger partial charge in [0.25, 0.3) is 0 Å². The maximum Gasteiger partial charge on any atom is 0.234 e. The first-order valence-corrected chi connectivity index (χ1v) is 10.2. The quantitative estimate of drug-likeness (QED) is 0.254. The summed E-state index contributed by atoms with van der Waals surface area (Å²) in [5, 5.41) is 12.1. The van der Waals surface area contributed by atoms with Crippen molar-refractivity contribution in [2.75, 3.05) is 0 Å². The van der Waals surface area contributed by atoms with E-state index in [1.54, 1.807) is 12.4 Å². The Morgan fingerprint density at radius 1 is 0.562 bits per heavy atom. The molecule has 0 radical (unpaired) electrons. The summed E-state index contributed by atoms with van der Waals surface area (Å²) >= 11 is 0. The topological polar surface area (TPSA) is 75.1 Å². The molecule has 0 aliphatic heterocycles. The molecule has 0 bridgehead atoms. The van der Waals surface area contributed by atoms with Crippen molar-refractivity contribution in [2.45, 2.75) is 0 Å². The highest BCUT2D eigenvalue weighted by Crippen LogP contribution is 2.19. The van der Waals surface area contributed by atoms with Crippen LogP contribution >= 0.6 is 0 Å². The predicted molar refractivity (Wildman–Crippen MR) is 134 cm³/mol. The molecule has 0 aromatic heterocycles. The third-order valence-electron chi connectivity index (χ3n) is 4.80. The van der Waals surface area contributed by atoms with Crippen LogP contribution in [-0.4, -0.2) is 18.4 Å². The first-order valence-electron chi connectivity index (χ1n) is 10.2. The van der Waals surface area contributed by atoms with E-state index < -0.39 is 0 Å². The second-order valence-electron chi connectivity index (χ2n) is 7.08. The lowest BCUT2D eigenvalue weighted by atomic mass is 10.0. The summed E-state index contributed by atoms with van der Waals surface area (Å²) in [6.45, 7) is 0. The Morgan fingerprint density at radius 3 is 1.50 bits per heavy atom. The van der Waals surface area contributed by atoms with Crippen LogP contribution in [0, 0.1) is 0 Å². The average molecular weight is 418 g/mol. The molecule has 5 nitrogen and oxygen atoms in total. The van der Waals surface area contributed by atoms with Crippen molar-refractivity contribution in [3.8, 4) is 22.3 Å². The summed E-state index contributed by atoms with van der Waals surface area (Å²) < 4.78 is 0. The molecule has 4 rings (SSSR count). The van der Waals surface area contributed by atoms with Crippen molar-refractivity contribution in [3.05, 3.63) is 120 Å². The Hall–Kier alpha value is -4.51. The number of rotatable bonds is 6. The van der Waals surface area contributed by atoms with Crippen LogP contribution in [0.4, 0.5) is 0 Å². The van der Waals surface area contributed by atoms with Gasteiger partial charge in [0.05, 0.1) is 12.4 Å². The summed E-state index contributed by atoms with van der Waals surface area (Å²) in [6, 6.07) is 36.6. The fourth-order valence-electron chi connectivity index (χ4n) is 3.14. The van der Waals surface area contributed by atoms with E-state index in [0.717, 1.165) is 22.3 Å². The summed E-state index contributed by atoms with van der Waals surface area (Å²) in [7, 11) is 0. The van der Waals surface area contributed by atoms with E-state index in [0.29, 0.717) is 0 Å². The molecular formula is C27H23N5. The molecule has 0 amide bonds. The van der Waals surface area contributed by atoms with Crippen LogP contribution in [-0.2, 0) is 0 Å². The fraction of sp³-hybridized carbons (Fsp3) is 0. The van der Waals surface area contributed by atoms with Crippen LogP contribution < -0.4 is 11.2 Å². The average Bonchev–Trinajstić information content (AvgIpc) is 2.86. The van der Waals surface area contributed by atoms with Gasteiger partial charge in [-0.05, 0) is 33.4 Å². The molecule has 0 saturated heterocycles. The number of nitrogens with zero attached hydrogens (tertiary/aromatic N) is 3. The van der Waals surface area contributed by atoms with Crippen LogP contribution in [0.3, 0.4) is 0 Å². The number of hydrogen-bond acceptors (Lipinski definition) is 3. The number of nitrogens with two attached hydrogens (primary N) is 1. The number of nitrogens with one attached hydrogen (secondary N) is 1. The maximum absolute atomic E-state index is 5.81. The monoisotopic (exact) mass is 417 g/mol. The smallest absolute Gasteiger partial charge is 0.234 e. The van der Waals surface area contributed by atoms with E-state index in [4.69, 9.17) is 5.73 Å². The molecule has 0 unspecified atom stereocenters. The molecular weight excluding hydrogens is 394 g/mol. The number of guanidine groups is 1. The predicted octanol–water partition coefficient (Wildman–Crippen LogP) is 5.29. The van der Waals surface area contributed by atoms with Gasteiger partial charge in [0, 0.05) is 0 Å². The second kappa shape index (κ2) is 10.5. The third kappa shape index (κ3) is 5.77. The zero-order valence-corrected chi connectivity index (χ0v) is 17.5. The summed E-state index contributed by atoms with van der Waals surface area (Å²) in [6.07, 6.45) is 3.33. The molecule has 0 atom stereocenters. The molecule has 156 valence electrons. The molecule has 0 aliphatic rings. The van der Waals surface area contributed by atoms with E-state index in [-0.39, 0.29) is 5.96 Å². The molecule has 0 heterocycles. The number of benzene rings is 4. The first-order chi connectivity index (χ1) is 15.8. The molecule has 4 aromatic carbocycles. The molecule has 5 heteroatoms. The first kappa shape index (κ1) is 20.8. The van der Waals surface area contributed by atoms with Crippen molar-refractivity contribution in [1.29, 1.82) is 0 Å². The SMILES string of the molecule is NC(=NN=Cc1ccc(-c2ccccc2)cc1)NN=Cc1ccc(-c2ccccc2)cc1. The minimum absolute atomic E-state index is 0.110. The van der Waals surface area contributed by atoms with Gasteiger partial charge in [0.1, 0.15) is 0 Å². The minimum Gasteiger partial charge on any atom is -0.367 e. The third-order valence-corrected chi connectivity index (χ3v) is 4.80. The molecule has 0 saturated carbocycles. The lowest BCUT2D eigenvalue weighted by Crippen LogP contribution is -2.26. The zero-order valence-electron chi connectivity index (χ0n) is 17.5. The van der Waals surface area contributed by atoms with Gasteiger partial charge in [-0.3, -0.25) is 0 Å². The highest BCUT2D eigenvalue weighted by Gasteiger charge is 1.97. The zero-order chi connectivity index (χ0) is 22.0. The van der Waals surface area contributed by atoms with Gasteiger partial charge in [-0.15, -0.1) is 5.10 Å². The maximum atomic E-state index is 5.81. The number of hydrazone groups is 1. The Balaban J connectivity index is 1.30. The van der Waals surface area contributed by atoms with Crippen LogP contribution in [0.25, 0.3) is 22.3 Å². The highest BCUT2D eigenvalue weighted by molar-refractivity contribution is 5.85. The lowest BCUT2D eigenvalue weighted by molar-refractivity contribution is 0.994. The van der Waals surface area contributed by atoms with Crippen LogP contribution in [0.2, 0.25) is 0 Å². The fourth-order valence-corrected chi connectivity index (χ4v) is 3.14. The molecule has 3 N–H and O–H groups in total. The molecule has 4 aromatic rings. The molecule has 32 heavy (non-hydrogen) atoms. The largest absolute Gasteiger partial charge is 0.367 e. The minimum atomic E-state index is 0.110. The van der Waals surface area contributed by atoms with E-state index in [1.807, 2.05) is 60.7 Å². The van der Waals surface area contributed by atoms with Crippen molar-refractivity contribution in [3.63, 3.8) is 0 Å². The Bertz CT molecular complexity index is 1210. The van der Waals surface area contributed by atoms with Gasteiger partial charge in [-0.1, -0.05) is 109 Å². The Labute approximate surface area is 187 Å². The van der Waals surface area contributed by atoms with E-state index in [9.17, 15) is 0 Å². The van der Waals surface area contributed by atoms with Crippen molar-refractivity contribution < 1.29 is 0 Å². The van der Waals surface area contributed by atoms with Crippen molar-refractivity contribution in [2.24, 2.45) is 21.0 Å².